The smallest absolute Gasteiger partial charge is 0.312 e. The van der Waals surface area contributed by atoms with Crippen molar-refractivity contribution in [1.29, 1.82) is 0 Å². The van der Waals surface area contributed by atoms with E-state index in [-0.39, 0.29) is 38.1 Å². The fourth-order valence-electron chi connectivity index (χ4n) is 7.22. The van der Waals surface area contributed by atoms with Crippen LogP contribution in [0.5, 0.6) is 0 Å². The van der Waals surface area contributed by atoms with E-state index in [1.165, 1.54) is 0 Å². The van der Waals surface area contributed by atoms with Crippen LogP contribution in [0.1, 0.15) is 59.3 Å². The van der Waals surface area contributed by atoms with E-state index in [0.29, 0.717) is 37.8 Å². The molecule has 9 heteroatoms. The molecule has 9 nitrogen and oxygen atoms in total. The van der Waals surface area contributed by atoms with Gasteiger partial charge in [0.2, 0.25) is 5.91 Å². The Balaban J connectivity index is 1.70. The zero-order valence-corrected chi connectivity index (χ0v) is 25.4. The first-order valence-electron chi connectivity index (χ1n) is 15.4. The minimum atomic E-state index is -1.13. The number of unbranched alkanes of at least 4 members (excludes halogenated alkanes) is 2. The number of ether oxygens (including phenoxy) is 2. The maximum absolute atomic E-state index is 14.6. The topological polar surface area (TPSA) is 99.6 Å². The van der Waals surface area contributed by atoms with Crippen LogP contribution >= 0.6 is 0 Å². The quantitative estimate of drug-likeness (QED) is 0.178. The lowest BCUT2D eigenvalue weighted by atomic mass is 9.66. The van der Waals surface area contributed by atoms with Crippen molar-refractivity contribution in [2.45, 2.75) is 76.5 Å². The normalized spacial score (nSPS) is 27.6. The maximum Gasteiger partial charge on any atom is 0.312 e. The molecule has 1 spiro atoms. The Hall–Kier alpha value is -3.17. The number of carbonyl (C=O) groups excluding carboxylic acids is 3. The first-order chi connectivity index (χ1) is 20.2. The van der Waals surface area contributed by atoms with Crippen molar-refractivity contribution in [2.24, 2.45) is 11.8 Å². The molecule has 42 heavy (non-hydrogen) atoms. The summed E-state index contributed by atoms with van der Waals surface area (Å²) in [5.41, 5.74) is -0.251. The molecule has 1 aromatic carbocycles. The summed E-state index contributed by atoms with van der Waals surface area (Å²) in [5, 5.41) is 9.43. The Bertz CT molecular complexity index is 1150. The zero-order valence-electron chi connectivity index (χ0n) is 25.4. The van der Waals surface area contributed by atoms with Crippen LogP contribution in [0.15, 0.2) is 49.6 Å². The van der Waals surface area contributed by atoms with Crippen LogP contribution in [0, 0.1) is 11.8 Å². The molecule has 0 aliphatic carbocycles. The average molecular weight is 582 g/mol. The van der Waals surface area contributed by atoms with Gasteiger partial charge in [0.25, 0.3) is 5.91 Å². The van der Waals surface area contributed by atoms with Crippen LogP contribution in [-0.4, -0.2) is 84.4 Å². The Labute approximate surface area is 250 Å². The number of fused-ring (bicyclic) bond motifs is 1. The molecule has 0 aromatic heterocycles. The summed E-state index contributed by atoms with van der Waals surface area (Å²) in [5.74, 6) is -2.55. The summed E-state index contributed by atoms with van der Waals surface area (Å²) in [6.07, 6.45) is 6.91. The molecule has 0 saturated carbocycles. The number of esters is 1. The number of hydrogen-bond donors (Lipinski definition) is 1. The lowest BCUT2D eigenvalue weighted by Gasteiger charge is -2.37. The van der Waals surface area contributed by atoms with E-state index in [4.69, 9.17) is 9.47 Å². The minimum Gasteiger partial charge on any atom is -0.465 e. The number of anilines is 2. The number of carbonyl (C=O) groups is 3. The van der Waals surface area contributed by atoms with Gasteiger partial charge in [-0.25, -0.2) is 0 Å². The van der Waals surface area contributed by atoms with Gasteiger partial charge in [0.05, 0.1) is 18.1 Å². The number of hydrogen-bond acceptors (Lipinski definition) is 7. The lowest BCUT2D eigenvalue weighted by molar-refractivity contribution is -0.159. The van der Waals surface area contributed by atoms with E-state index in [1.54, 1.807) is 22.0 Å². The predicted molar refractivity (Wildman–Crippen MR) is 163 cm³/mol. The van der Waals surface area contributed by atoms with Crippen molar-refractivity contribution in [2.75, 3.05) is 49.2 Å². The fourth-order valence-corrected chi connectivity index (χ4v) is 7.22. The van der Waals surface area contributed by atoms with Gasteiger partial charge in [-0.3, -0.25) is 14.4 Å². The Kier molecular flexibility index (Phi) is 10.1. The number of aliphatic hydroxyl groups is 1. The molecule has 2 unspecified atom stereocenters. The third-order valence-corrected chi connectivity index (χ3v) is 9.24. The highest BCUT2D eigenvalue weighted by atomic mass is 16.6. The summed E-state index contributed by atoms with van der Waals surface area (Å²) in [6, 6.07) is 6.95. The lowest BCUT2D eigenvalue weighted by Crippen LogP contribution is -2.56. The fraction of sp³-hybridized carbons (Fsp3) is 0.606. The highest BCUT2D eigenvalue weighted by molar-refractivity contribution is 6.05. The highest BCUT2D eigenvalue weighted by Crippen LogP contribution is 2.63. The SMILES string of the molecule is C=CCCCOC(=O)[C@@H]1[C@H]2C(=O)N(CCCCO)C(C(=O)N(CC=C)c3ccc(N(CC)CC)cc3)C23CC[C@@]1(C)O3. The second-order valence-electron chi connectivity index (χ2n) is 11.7. The van der Waals surface area contributed by atoms with Gasteiger partial charge in [-0.2, -0.15) is 0 Å². The number of likely N-dealkylation sites (tertiary alicyclic amines) is 1. The Morgan fingerprint density at radius 2 is 1.79 bits per heavy atom. The average Bonchev–Trinajstić information content (AvgIpc) is 3.55. The molecule has 5 atom stereocenters. The molecule has 1 aromatic rings. The predicted octanol–water partition coefficient (Wildman–Crippen LogP) is 4.10. The van der Waals surface area contributed by atoms with Crippen molar-refractivity contribution >= 4 is 29.2 Å². The largest absolute Gasteiger partial charge is 0.465 e. The summed E-state index contributed by atoms with van der Waals surface area (Å²) in [6.45, 7) is 16.2. The monoisotopic (exact) mass is 581 g/mol. The minimum absolute atomic E-state index is 0.00901. The molecular weight excluding hydrogens is 534 g/mol. The number of allylic oxidation sites excluding steroid dienone is 1. The molecule has 3 aliphatic heterocycles. The number of rotatable bonds is 16. The number of aliphatic hydroxyl groups excluding tert-OH is 1. The van der Waals surface area contributed by atoms with Crippen LogP contribution in [0.4, 0.5) is 11.4 Å². The van der Waals surface area contributed by atoms with Gasteiger partial charge in [-0.05, 0) is 83.6 Å². The zero-order chi connectivity index (χ0) is 30.5. The van der Waals surface area contributed by atoms with E-state index >= 15 is 0 Å². The van der Waals surface area contributed by atoms with Crippen molar-refractivity contribution in [3.8, 4) is 0 Å². The maximum atomic E-state index is 14.6. The molecule has 3 fully saturated rings. The molecule has 4 rings (SSSR count). The summed E-state index contributed by atoms with van der Waals surface area (Å²) >= 11 is 0. The molecule has 1 N–H and O–H groups in total. The molecule has 230 valence electrons. The van der Waals surface area contributed by atoms with Crippen LogP contribution in [0.3, 0.4) is 0 Å². The number of benzene rings is 1. The van der Waals surface area contributed by atoms with Gasteiger partial charge in [-0.1, -0.05) is 12.2 Å². The first kappa shape index (κ1) is 31.8. The second-order valence-corrected chi connectivity index (χ2v) is 11.7. The van der Waals surface area contributed by atoms with Crippen molar-refractivity contribution < 1.29 is 29.0 Å². The second kappa shape index (κ2) is 13.4. The third kappa shape index (κ3) is 5.61. The van der Waals surface area contributed by atoms with E-state index in [0.717, 1.165) is 25.2 Å². The summed E-state index contributed by atoms with van der Waals surface area (Å²) < 4.78 is 12.4. The molecular formula is C33H47N3O6. The van der Waals surface area contributed by atoms with Gasteiger partial charge in [0.15, 0.2) is 0 Å². The van der Waals surface area contributed by atoms with Crippen molar-refractivity contribution in [3.05, 3.63) is 49.6 Å². The molecule has 3 saturated heterocycles. The van der Waals surface area contributed by atoms with Gasteiger partial charge >= 0.3 is 5.97 Å². The van der Waals surface area contributed by atoms with Crippen LogP contribution in [0.25, 0.3) is 0 Å². The first-order valence-corrected chi connectivity index (χ1v) is 15.4. The van der Waals surface area contributed by atoms with Gasteiger partial charge in [0, 0.05) is 44.2 Å². The molecule has 3 heterocycles. The van der Waals surface area contributed by atoms with Crippen molar-refractivity contribution in [3.63, 3.8) is 0 Å². The van der Waals surface area contributed by atoms with Crippen LogP contribution in [-0.2, 0) is 23.9 Å². The van der Waals surface area contributed by atoms with Gasteiger partial charge < -0.3 is 29.3 Å². The van der Waals surface area contributed by atoms with Crippen LogP contribution < -0.4 is 9.80 Å². The van der Waals surface area contributed by atoms with Gasteiger partial charge in [-0.15, -0.1) is 13.2 Å². The standard InChI is InChI=1S/C33H47N3O6/c1-6-10-13-23-41-31(40)27-26-29(38)36(21-11-12-22-37)28(33(26)19-18-32(27,5)42-33)30(39)35(20-7-2)25-16-14-24(15-17-25)34(8-3)9-4/h6-7,14-17,26-28,37H,1-2,8-13,18-23H2,3-5H3/t26-,27-,28?,32+,33?/m0/s1. The van der Waals surface area contributed by atoms with Gasteiger partial charge in [0.1, 0.15) is 17.6 Å². The van der Waals surface area contributed by atoms with E-state index in [1.807, 2.05) is 31.2 Å². The number of nitrogens with zero attached hydrogens (tertiary/aromatic N) is 3. The summed E-state index contributed by atoms with van der Waals surface area (Å²) in [4.78, 5) is 47.8. The number of amides is 2. The molecule has 2 bridgehead atoms. The Morgan fingerprint density at radius 1 is 1.10 bits per heavy atom. The Morgan fingerprint density at radius 3 is 2.40 bits per heavy atom. The molecule has 3 aliphatic rings. The molecule has 2 amide bonds. The van der Waals surface area contributed by atoms with E-state index in [2.05, 4.69) is 31.9 Å². The molecule has 0 radical (unpaired) electrons. The highest BCUT2D eigenvalue weighted by Gasteiger charge is 2.78. The van der Waals surface area contributed by atoms with E-state index in [9.17, 15) is 19.5 Å². The van der Waals surface area contributed by atoms with E-state index < -0.39 is 35.0 Å². The third-order valence-electron chi connectivity index (χ3n) is 9.24. The van der Waals surface area contributed by atoms with Crippen molar-refractivity contribution in [1.82, 2.24) is 4.90 Å². The van der Waals surface area contributed by atoms with Crippen LogP contribution in [0.2, 0.25) is 0 Å². The summed E-state index contributed by atoms with van der Waals surface area (Å²) in [7, 11) is 0.